The standard InChI is InChI=1S/C13H7Cl2IN2O3/c14-6-3-8(11(16)9(15)4-6)12(19)18-7-1-2-10(13(20)21)17-5-7/h1-5H,(H,18,19)(H,20,21). The van der Waals surface area contributed by atoms with Crippen LogP contribution in [0.5, 0.6) is 0 Å². The highest BCUT2D eigenvalue weighted by Crippen LogP contribution is 2.27. The van der Waals surface area contributed by atoms with E-state index in [1.165, 1.54) is 24.4 Å². The largest absolute Gasteiger partial charge is 0.477 e. The first kappa shape index (κ1) is 16.0. The summed E-state index contributed by atoms with van der Waals surface area (Å²) in [6.45, 7) is 0. The number of halogens is 3. The van der Waals surface area contributed by atoms with E-state index in [4.69, 9.17) is 28.3 Å². The number of carbonyl (C=O) groups excluding carboxylic acids is 1. The number of benzene rings is 1. The molecule has 0 atom stereocenters. The van der Waals surface area contributed by atoms with Crippen LogP contribution in [0.25, 0.3) is 0 Å². The predicted molar refractivity (Wildman–Crippen MR) is 88.3 cm³/mol. The van der Waals surface area contributed by atoms with E-state index in [1.54, 1.807) is 6.07 Å². The zero-order valence-electron chi connectivity index (χ0n) is 10.2. The van der Waals surface area contributed by atoms with Crippen molar-refractivity contribution in [3.05, 3.63) is 55.3 Å². The van der Waals surface area contributed by atoms with Gasteiger partial charge in [0.1, 0.15) is 5.69 Å². The minimum atomic E-state index is -1.14. The van der Waals surface area contributed by atoms with E-state index >= 15 is 0 Å². The molecule has 5 nitrogen and oxygen atoms in total. The van der Waals surface area contributed by atoms with Gasteiger partial charge in [0.05, 0.1) is 22.5 Å². The Balaban J connectivity index is 2.24. The molecular weight excluding hydrogens is 430 g/mol. The zero-order valence-corrected chi connectivity index (χ0v) is 13.9. The summed E-state index contributed by atoms with van der Waals surface area (Å²) in [4.78, 5) is 26.6. The second-order valence-corrected chi connectivity index (χ2v) is 5.86. The van der Waals surface area contributed by atoms with Gasteiger partial charge in [-0.25, -0.2) is 9.78 Å². The predicted octanol–water partition coefficient (Wildman–Crippen LogP) is 3.94. The molecule has 2 N–H and O–H groups in total. The quantitative estimate of drug-likeness (QED) is 0.564. The van der Waals surface area contributed by atoms with Gasteiger partial charge in [-0.2, -0.15) is 0 Å². The molecule has 108 valence electrons. The first-order valence-electron chi connectivity index (χ1n) is 5.53. The number of rotatable bonds is 3. The van der Waals surface area contributed by atoms with E-state index in [0.29, 0.717) is 24.9 Å². The molecule has 0 spiro atoms. The summed E-state index contributed by atoms with van der Waals surface area (Å²) in [6.07, 6.45) is 1.26. The fraction of sp³-hybridized carbons (Fsp3) is 0. The topological polar surface area (TPSA) is 79.3 Å². The van der Waals surface area contributed by atoms with E-state index in [1.807, 2.05) is 22.6 Å². The van der Waals surface area contributed by atoms with Crippen molar-refractivity contribution in [2.75, 3.05) is 5.32 Å². The average molecular weight is 437 g/mol. The molecule has 0 saturated carbocycles. The van der Waals surface area contributed by atoms with E-state index in [2.05, 4.69) is 10.3 Å². The minimum Gasteiger partial charge on any atom is -0.477 e. The third kappa shape index (κ3) is 3.84. The number of aromatic carboxylic acids is 1. The Morgan fingerprint density at radius 2 is 1.95 bits per heavy atom. The minimum absolute atomic E-state index is 0.103. The van der Waals surface area contributed by atoms with E-state index in [-0.39, 0.29) is 5.69 Å². The molecule has 0 aliphatic heterocycles. The lowest BCUT2D eigenvalue weighted by Crippen LogP contribution is -2.14. The molecule has 0 aliphatic rings. The van der Waals surface area contributed by atoms with Gasteiger partial charge < -0.3 is 10.4 Å². The highest BCUT2D eigenvalue weighted by Gasteiger charge is 2.14. The Bertz CT molecular complexity index is 720. The lowest BCUT2D eigenvalue weighted by molar-refractivity contribution is 0.0690. The van der Waals surface area contributed by atoms with Crippen molar-refractivity contribution < 1.29 is 14.7 Å². The maximum absolute atomic E-state index is 12.2. The molecule has 0 fully saturated rings. The molecule has 1 aromatic heterocycles. The molecule has 0 unspecified atom stereocenters. The molecule has 2 aromatic rings. The number of nitrogens with one attached hydrogen (secondary N) is 1. The first-order chi connectivity index (χ1) is 9.88. The number of anilines is 1. The van der Waals surface area contributed by atoms with Crippen LogP contribution in [0.15, 0.2) is 30.5 Å². The summed E-state index contributed by atoms with van der Waals surface area (Å²) in [5.41, 5.74) is 0.598. The van der Waals surface area contributed by atoms with Crippen molar-refractivity contribution >= 4 is 63.4 Å². The van der Waals surface area contributed by atoms with Gasteiger partial charge in [0, 0.05) is 8.59 Å². The van der Waals surface area contributed by atoms with Crippen LogP contribution >= 0.6 is 45.8 Å². The van der Waals surface area contributed by atoms with E-state index in [9.17, 15) is 9.59 Å². The van der Waals surface area contributed by atoms with Gasteiger partial charge in [0.15, 0.2) is 0 Å². The monoisotopic (exact) mass is 436 g/mol. The number of carbonyl (C=O) groups is 2. The van der Waals surface area contributed by atoms with Gasteiger partial charge in [-0.15, -0.1) is 0 Å². The summed E-state index contributed by atoms with van der Waals surface area (Å²) in [7, 11) is 0. The van der Waals surface area contributed by atoms with Gasteiger partial charge >= 0.3 is 5.97 Å². The second kappa shape index (κ2) is 6.59. The van der Waals surface area contributed by atoms with Gasteiger partial charge in [-0.3, -0.25) is 4.79 Å². The van der Waals surface area contributed by atoms with Crippen LogP contribution in [0.3, 0.4) is 0 Å². The van der Waals surface area contributed by atoms with Crippen molar-refractivity contribution in [1.29, 1.82) is 0 Å². The Kier molecular flexibility index (Phi) is 5.02. The van der Waals surface area contributed by atoms with Crippen molar-refractivity contribution in [2.24, 2.45) is 0 Å². The summed E-state index contributed by atoms with van der Waals surface area (Å²) in [6, 6.07) is 5.80. The van der Waals surface area contributed by atoms with E-state index < -0.39 is 11.9 Å². The third-order valence-corrected chi connectivity index (χ3v) is 4.48. The molecule has 1 amide bonds. The Morgan fingerprint density at radius 3 is 2.52 bits per heavy atom. The Labute approximate surface area is 143 Å². The van der Waals surface area contributed by atoms with Crippen molar-refractivity contribution in [1.82, 2.24) is 4.98 Å². The number of carboxylic acid groups (broad SMARTS) is 1. The molecule has 0 bridgehead atoms. The van der Waals surface area contributed by atoms with Crippen LogP contribution in [-0.4, -0.2) is 22.0 Å². The number of pyridine rings is 1. The summed E-state index contributed by atoms with van der Waals surface area (Å²) >= 11 is 13.8. The van der Waals surface area contributed by atoms with Crippen LogP contribution in [0.1, 0.15) is 20.8 Å². The number of hydrogen-bond donors (Lipinski definition) is 2. The first-order valence-corrected chi connectivity index (χ1v) is 7.37. The average Bonchev–Trinajstić information content (AvgIpc) is 2.43. The van der Waals surface area contributed by atoms with Crippen LogP contribution in [0, 0.1) is 3.57 Å². The van der Waals surface area contributed by atoms with Gasteiger partial charge in [0.2, 0.25) is 0 Å². The maximum atomic E-state index is 12.2. The Hall–Kier alpha value is -1.38. The lowest BCUT2D eigenvalue weighted by Gasteiger charge is -2.08. The molecule has 0 saturated heterocycles. The summed E-state index contributed by atoms with van der Waals surface area (Å²) in [5, 5.41) is 12.1. The molecule has 8 heteroatoms. The number of amides is 1. The normalized spacial score (nSPS) is 10.2. The van der Waals surface area contributed by atoms with Gasteiger partial charge in [0.25, 0.3) is 5.91 Å². The fourth-order valence-corrected chi connectivity index (χ4v) is 2.56. The zero-order chi connectivity index (χ0) is 15.6. The summed E-state index contributed by atoms with van der Waals surface area (Å²) < 4.78 is 0.575. The fourth-order valence-electron chi connectivity index (χ4n) is 1.51. The highest BCUT2D eigenvalue weighted by molar-refractivity contribution is 14.1. The Morgan fingerprint density at radius 1 is 1.24 bits per heavy atom. The number of carboxylic acids is 1. The molecular formula is C13H7Cl2IN2O3. The molecule has 21 heavy (non-hydrogen) atoms. The van der Waals surface area contributed by atoms with Crippen molar-refractivity contribution in [3.8, 4) is 0 Å². The lowest BCUT2D eigenvalue weighted by atomic mass is 10.2. The van der Waals surface area contributed by atoms with Crippen LogP contribution in [0.2, 0.25) is 10.0 Å². The maximum Gasteiger partial charge on any atom is 0.354 e. The van der Waals surface area contributed by atoms with E-state index in [0.717, 1.165) is 0 Å². The highest BCUT2D eigenvalue weighted by atomic mass is 127. The molecule has 2 rings (SSSR count). The number of aromatic nitrogens is 1. The molecule has 0 radical (unpaired) electrons. The van der Waals surface area contributed by atoms with Crippen molar-refractivity contribution in [3.63, 3.8) is 0 Å². The second-order valence-electron chi connectivity index (χ2n) is 3.94. The van der Waals surface area contributed by atoms with Gasteiger partial charge in [-0.1, -0.05) is 23.2 Å². The van der Waals surface area contributed by atoms with Gasteiger partial charge in [-0.05, 0) is 46.9 Å². The van der Waals surface area contributed by atoms with Crippen molar-refractivity contribution in [2.45, 2.75) is 0 Å². The smallest absolute Gasteiger partial charge is 0.354 e. The molecule has 0 aliphatic carbocycles. The summed E-state index contributed by atoms with van der Waals surface area (Å²) in [5.74, 6) is -1.54. The van der Waals surface area contributed by atoms with Crippen LogP contribution in [0.4, 0.5) is 5.69 Å². The molecule has 1 heterocycles. The molecule has 1 aromatic carbocycles. The number of nitrogens with zero attached hydrogens (tertiary/aromatic N) is 1. The van der Waals surface area contributed by atoms with Crippen LogP contribution in [-0.2, 0) is 0 Å². The third-order valence-electron chi connectivity index (χ3n) is 2.48. The van der Waals surface area contributed by atoms with Crippen LogP contribution < -0.4 is 5.32 Å². The SMILES string of the molecule is O=C(O)c1ccc(NC(=O)c2cc(Cl)cc(Cl)c2I)cn1. The number of hydrogen-bond acceptors (Lipinski definition) is 3.